The van der Waals surface area contributed by atoms with E-state index in [1.165, 1.54) is 12.1 Å². The van der Waals surface area contributed by atoms with Crippen molar-refractivity contribution >= 4 is 28.5 Å². The summed E-state index contributed by atoms with van der Waals surface area (Å²) in [7, 11) is 0. The molecule has 4 rings (SSSR count). The number of benzene rings is 2. The van der Waals surface area contributed by atoms with Gasteiger partial charge in [-0.2, -0.15) is 5.10 Å². The van der Waals surface area contributed by atoms with Crippen molar-refractivity contribution in [2.75, 3.05) is 11.9 Å². The smallest absolute Gasteiger partial charge is 0.255 e. The highest BCUT2D eigenvalue weighted by Gasteiger charge is 2.30. The van der Waals surface area contributed by atoms with Crippen LogP contribution in [0.2, 0.25) is 0 Å². The summed E-state index contributed by atoms with van der Waals surface area (Å²) in [5.41, 5.74) is 8.56. The Balaban J connectivity index is 1.36. The molecule has 0 aliphatic rings. The van der Waals surface area contributed by atoms with Gasteiger partial charge in [0.05, 0.1) is 22.7 Å². The second-order valence-corrected chi connectivity index (χ2v) is 8.52. The fraction of sp³-hybridized carbons (Fsp3) is 0.200. The zero-order valence-corrected chi connectivity index (χ0v) is 18.8. The predicted octanol–water partition coefficient (Wildman–Crippen LogP) is 3.44. The van der Waals surface area contributed by atoms with Crippen LogP contribution in [0, 0.1) is 5.82 Å². The number of nitrogens with one attached hydrogen (secondary N) is 3. The fourth-order valence-corrected chi connectivity index (χ4v) is 3.58. The Morgan fingerprint density at radius 1 is 1.09 bits per heavy atom. The van der Waals surface area contributed by atoms with Crippen molar-refractivity contribution in [2.24, 2.45) is 5.73 Å². The molecule has 0 radical (unpaired) electrons. The summed E-state index contributed by atoms with van der Waals surface area (Å²) in [4.78, 5) is 29.6. The molecule has 2 amide bonds. The van der Waals surface area contributed by atoms with E-state index >= 15 is 0 Å². The minimum atomic E-state index is -0.845. The maximum Gasteiger partial charge on any atom is 0.255 e. The molecular formula is C25H25FN6O2. The van der Waals surface area contributed by atoms with Gasteiger partial charge in [0.15, 0.2) is 5.65 Å². The molecule has 0 saturated carbocycles. The lowest BCUT2D eigenvalue weighted by atomic mass is 9.83. The second kappa shape index (κ2) is 9.40. The van der Waals surface area contributed by atoms with E-state index in [1.807, 2.05) is 0 Å². The minimum Gasteiger partial charge on any atom is -0.353 e. The number of nitrogens with two attached hydrogens (primary N) is 1. The average Bonchev–Trinajstić information content (AvgIpc) is 3.32. The van der Waals surface area contributed by atoms with Gasteiger partial charge in [0.1, 0.15) is 5.82 Å². The molecule has 174 valence electrons. The van der Waals surface area contributed by atoms with Gasteiger partial charge in [0.25, 0.3) is 5.91 Å². The van der Waals surface area contributed by atoms with Gasteiger partial charge in [-0.1, -0.05) is 24.3 Å². The predicted molar refractivity (Wildman–Crippen MR) is 128 cm³/mol. The number of hydrogen-bond donors (Lipinski definition) is 4. The van der Waals surface area contributed by atoms with Crippen molar-refractivity contribution in [1.29, 1.82) is 0 Å². The second-order valence-electron chi connectivity index (χ2n) is 8.52. The van der Waals surface area contributed by atoms with Crippen molar-refractivity contribution in [3.8, 4) is 0 Å². The van der Waals surface area contributed by atoms with Gasteiger partial charge >= 0.3 is 0 Å². The zero-order chi connectivity index (χ0) is 24.3. The number of H-pyrrole nitrogens is 1. The Labute approximate surface area is 195 Å². The number of carbonyl (C=O) groups excluding carboxylic acids is 2. The summed E-state index contributed by atoms with van der Waals surface area (Å²) >= 11 is 0. The van der Waals surface area contributed by atoms with Gasteiger partial charge in [-0.25, -0.2) is 9.37 Å². The van der Waals surface area contributed by atoms with Crippen molar-refractivity contribution in [3.05, 3.63) is 89.5 Å². The van der Waals surface area contributed by atoms with E-state index in [9.17, 15) is 14.0 Å². The molecule has 9 heteroatoms. The monoisotopic (exact) mass is 460 g/mol. The Morgan fingerprint density at radius 2 is 1.79 bits per heavy atom. The lowest BCUT2D eigenvalue weighted by molar-refractivity contribution is -0.125. The molecule has 0 fully saturated rings. The van der Waals surface area contributed by atoms with Gasteiger partial charge in [0, 0.05) is 24.3 Å². The number of aromatic amines is 1. The number of fused-ring (bicyclic) bond motifs is 1. The van der Waals surface area contributed by atoms with Gasteiger partial charge in [-0.05, 0) is 55.3 Å². The molecule has 0 saturated heterocycles. The van der Waals surface area contributed by atoms with E-state index in [-0.39, 0.29) is 24.2 Å². The van der Waals surface area contributed by atoms with Crippen LogP contribution in [0.25, 0.3) is 11.0 Å². The topological polar surface area (TPSA) is 126 Å². The molecule has 1 unspecified atom stereocenters. The summed E-state index contributed by atoms with van der Waals surface area (Å²) in [6, 6.07) is 14.0. The van der Waals surface area contributed by atoms with Gasteiger partial charge in [-0.3, -0.25) is 14.7 Å². The summed E-state index contributed by atoms with van der Waals surface area (Å²) in [6.45, 7) is 3.76. The van der Waals surface area contributed by atoms with Crippen molar-refractivity contribution in [2.45, 2.75) is 25.3 Å². The Kier molecular flexibility index (Phi) is 6.38. The minimum absolute atomic E-state index is 0.213. The Hall–Kier alpha value is -4.11. The molecule has 5 N–H and O–H groups in total. The summed E-state index contributed by atoms with van der Waals surface area (Å²) in [5, 5.41) is 13.1. The van der Waals surface area contributed by atoms with Crippen molar-refractivity contribution in [3.63, 3.8) is 0 Å². The molecule has 0 aliphatic heterocycles. The summed E-state index contributed by atoms with van der Waals surface area (Å²) in [5.74, 6) is -0.841. The van der Waals surface area contributed by atoms with Crippen LogP contribution in [0.4, 0.5) is 10.1 Å². The molecule has 0 bridgehead atoms. The molecule has 0 spiro atoms. The number of aromatic nitrogens is 3. The van der Waals surface area contributed by atoms with E-state index < -0.39 is 11.5 Å². The van der Waals surface area contributed by atoms with Crippen molar-refractivity contribution in [1.82, 2.24) is 20.5 Å². The molecular weight excluding hydrogens is 435 g/mol. The third kappa shape index (κ3) is 4.79. The Bertz CT molecular complexity index is 1320. The first-order valence-corrected chi connectivity index (χ1v) is 10.7. The van der Waals surface area contributed by atoms with Crippen LogP contribution in [0.15, 0.2) is 67.0 Å². The number of amides is 2. The maximum atomic E-state index is 13.2. The van der Waals surface area contributed by atoms with E-state index in [0.717, 1.165) is 5.56 Å². The number of anilines is 1. The van der Waals surface area contributed by atoms with E-state index in [1.54, 1.807) is 68.7 Å². The largest absolute Gasteiger partial charge is 0.353 e. The van der Waals surface area contributed by atoms with E-state index in [4.69, 9.17) is 5.73 Å². The number of hydrogen-bond acceptors (Lipinski definition) is 5. The van der Waals surface area contributed by atoms with Crippen LogP contribution in [0.5, 0.6) is 0 Å². The molecule has 8 nitrogen and oxygen atoms in total. The third-order valence-electron chi connectivity index (χ3n) is 5.82. The molecule has 4 aromatic rings. The number of pyridine rings is 1. The number of halogens is 1. The quantitative estimate of drug-likeness (QED) is 0.336. The SMILES string of the molecule is CC(C)(C(=O)NCC(N)c1ccc(C(=O)Nc2ccnc3[nH]ncc23)cc1)c1ccc(F)cc1. The molecule has 34 heavy (non-hydrogen) atoms. The first-order valence-electron chi connectivity index (χ1n) is 10.7. The summed E-state index contributed by atoms with van der Waals surface area (Å²) < 4.78 is 13.2. The zero-order valence-electron chi connectivity index (χ0n) is 18.8. The highest BCUT2D eigenvalue weighted by molar-refractivity contribution is 6.08. The molecule has 1 atom stereocenters. The number of nitrogens with zero attached hydrogens (tertiary/aromatic N) is 2. The van der Waals surface area contributed by atoms with Gasteiger partial charge in [0.2, 0.25) is 5.91 Å². The van der Waals surface area contributed by atoms with E-state index in [2.05, 4.69) is 25.8 Å². The van der Waals surface area contributed by atoms with Crippen LogP contribution in [-0.4, -0.2) is 33.5 Å². The molecule has 2 heterocycles. The van der Waals surface area contributed by atoms with Gasteiger partial charge < -0.3 is 16.4 Å². The molecule has 2 aromatic heterocycles. The van der Waals surface area contributed by atoms with Crippen LogP contribution < -0.4 is 16.4 Å². The average molecular weight is 461 g/mol. The molecule has 0 aliphatic carbocycles. The summed E-state index contributed by atoms with van der Waals surface area (Å²) in [6.07, 6.45) is 3.19. The Morgan fingerprint density at radius 3 is 2.50 bits per heavy atom. The van der Waals surface area contributed by atoms with Crippen LogP contribution in [-0.2, 0) is 10.2 Å². The fourth-order valence-electron chi connectivity index (χ4n) is 3.58. The number of carbonyl (C=O) groups is 2. The lowest BCUT2D eigenvalue weighted by Crippen LogP contribution is -2.42. The van der Waals surface area contributed by atoms with Crippen molar-refractivity contribution < 1.29 is 14.0 Å². The third-order valence-corrected chi connectivity index (χ3v) is 5.82. The molecule has 2 aromatic carbocycles. The number of rotatable bonds is 7. The normalized spacial score (nSPS) is 12.4. The lowest BCUT2D eigenvalue weighted by Gasteiger charge is -2.25. The van der Waals surface area contributed by atoms with Crippen LogP contribution >= 0.6 is 0 Å². The standard InChI is InChI=1S/C25H25FN6O2/c1-25(2,17-7-9-18(26)10-8-17)24(34)29-14-20(27)15-3-5-16(6-4-15)23(33)31-21-11-12-28-22-19(21)13-30-32-22/h3-13,20H,14,27H2,1-2H3,(H,29,34)(H2,28,30,31,32,33). The highest BCUT2D eigenvalue weighted by Crippen LogP contribution is 2.24. The van der Waals surface area contributed by atoms with Gasteiger partial charge in [-0.15, -0.1) is 0 Å². The first kappa shape index (κ1) is 23.1. The first-order chi connectivity index (χ1) is 16.3. The van der Waals surface area contributed by atoms with Crippen LogP contribution in [0.1, 0.15) is 41.4 Å². The maximum absolute atomic E-state index is 13.2. The van der Waals surface area contributed by atoms with E-state index in [0.29, 0.717) is 27.8 Å². The highest BCUT2D eigenvalue weighted by atomic mass is 19.1. The van der Waals surface area contributed by atoms with Crippen LogP contribution in [0.3, 0.4) is 0 Å².